The molecule has 0 unspecified atom stereocenters. The zero-order valence-corrected chi connectivity index (χ0v) is 10.2. The lowest BCUT2D eigenvalue weighted by molar-refractivity contribution is 0.224. The molecule has 0 atom stereocenters. The summed E-state index contributed by atoms with van der Waals surface area (Å²) in [6.45, 7) is 12.8. The van der Waals surface area contributed by atoms with E-state index in [1.165, 1.54) is 6.42 Å². The monoisotopic (exact) mass is 201 g/mol. The first-order valence-electron chi connectivity index (χ1n) is 5.75. The molecule has 0 fully saturated rings. The summed E-state index contributed by atoms with van der Waals surface area (Å²) < 4.78 is 0. The van der Waals surface area contributed by atoms with Gasteiger partial charge < -0.3 is 11.1 Å². The molecule has 0 aromatic rings. The molecule has 0 spiro atoms. The highest BCUT2D eigenvalue weighted by atomic mass is 15.1. The van der Waals surface area contributed by atoms with Crippen molar-refractivity contribution < 1.29 is 0 Å². The lowest BCUT2D eigenvalue weighted by Gasteiger charge is -2.25. The Kier molecular flexibility index (Phi) is 8.14. The van der Waals surface area contributed by atoms with Gasteiger partial charge in [-0.15, -0.1) is 0 Å². The van der Waals surface area contributed by atoms with E-state index in [4.69, 9.17) is 5.73 Å². The lowest BCUT2D eigenvalue weighted by atomic mass is 10.2. The van der Waals surface area contributed by atoms with Crippen LogP contribution in [0.5, 0.6) is 0 Å². The molecular formula is C11H27N3. The SMILES string of the molecule is CC(C)NCCCN(CCN)C(C)C. The van der Waals surface area contributed by atoms with Crippen molar-refractivity contribution in [2.75, 3.05) is 26.2 Å². The van der Waals surface area contributed by atoms with Gasteiger partial charge in [0.2, 0.25) is 0 Å². The number of rotatable bonds is 8. The molecule has 0 aromatic carbocycles. The maximum absolute atomic E-state index is 5.56. The lowest BCUT2D eigenvalue weighted by Crippen LogP contribution is -2.37. The van der Waals surface area contributed by atoms with Crippen molar-refractivity contribution in [3.63, 3.8) is 0 Å². The number of nitrogens with two attached hydrogens (primary N) is 1. The maximum atomic E-state index is 5.56. The van der Waals surface area contributed by atoms with Crippen LogP contribution >= 0.6 is 0 Å². The number of hydrogen-bond donors (Lipinski definition) is 2. The van der Waals surface area contributed by atoms with Crippen LogP contribution < -0.4 is 11.1 Å². The zero-order chi connectivity index (χ0) is 11.0. The Balaban J connectivity index is 3.50. The molecule has 0 amide bonds. The van der Waals surface area contributed by atoms with Gasteiger partial charge in [-0.25, -0.2) is 0 Å². The predicted molar refractivity (Wildman–Crippen MR) is 63.5 cm³/mol. The van der Waals surface area contributed by atoms with Crippen molar-refractivity contribution in [3.05, 3.63) is 0 Å². The van der Waals surface area contributed by atoms with Crippen molar-refractivity contribution in [3.8, 4) is 0 Å². The number of nitrogens with zero attached hydrogens (tertiary/aromatic N) is 1. The van der Waals surface area contributed by atoms with Gasteiger partial charge in [-0.2, -0.15) is 0 Å². The van der Waals surface area contributed by atoms with E-state index >= 15 is 0 Å². The molecule has 0 rings (SSSR count). The zero-order valence-electron chi connectivity index (χ0n) is 10.2. The van der Waals surface area contributed by atoms with Crippen LogP contribution in [-0.2, 0) is 0 Å². The first-order valence-corrected chi connectivity index (χ1v) is 5.75. The van der Waals surface area contributed by atoms with E-state index in [2.05, 4.69) is 37.9 Å². The first kappa shape index (κ1) is 13.9. The molecule has 0 bridgehead atoms. The van der Waals surface area contributed by atoms with Crippen LogP contribution in [0.1, 0.15) is 34.1 Å². The highest BCUT2D eigenvalue weighted by Crippen LogP contribution is 1.98. The van der Waals surface area contributed by atoms with Gasteiger partial charge in [0.05, 0.1) is 0 Å². The van der Waals surface area contributed by atoms with Crippen LogP contribution in [0.4, 0.5) is 0 Å². The standard InChI is InChI=1S/C11H27N3/c1-10(2)13-7-5-8-14(9-6-12)11(3)4/h10-11,13H,5-9,12H2,1-4H3. The summed E-state index contributed by atoms with van der Waals surface area (Å²) in [5.74, 6) is 0. The third-order valence-electron chi connectivity index (χ3n) is 2.32. The molecule has 0 saturated carbocycles. The second-order valence-corrected chi connectivity index (χ2v) is 4.38. The van der Waals surface area contributed by atoms with Crippen LogP contribution in [0.3, 0.4) is 0 Å². The molecule has 0 aliphatic rings. The van der Waals surface area contributed by atoms with Crippen molar-refractivity contribution in [2.45, 2.75) is 46.2 Å². The summed E-state index contributed by atoms with van der Waals surface area (Å²) in [4.78, 5) is 2.43. The van der Waals surface area contributed by atoms with Gasteiger partial charge in [0, 0.05) is 25.2 Å². The topological polar surface area (TPSA) is 41.3 Å². The average molecular weight is 201 g/mol. The van der Waals surface area contributed by atoms with Gasteiger partial charge in [-0.05, 0) is 33.4 Å². The molecular weight excluding hydrogens is 174 g/mol. The fourth-order valence-electron chi connectivity index (χ4n) is 1.47. The van der Waals surface area contributed by atoms with Crippen molar-refractivity contribution in [2.24, 2.45) is 5.73 Å². The Morgan fingerprint density at radius 3 is 2.21 bits per heavy atom. The molecule has 3 nitrogen and oxygen atoms in total. The van der Waals surface area contributed by atoms with Gasteiger partial charge >= 0.3 is 0 Å². The number of nitrogens with one attached hydrogen (secondary N) is 1. The van der Waals surface area contributed by atoms with Crippen LogP contribution in [0.15, 0.2) is 0 Å². The van der Waals surface area contributed by atoms with Gasteiger partial charge in [0.1, 0.15) is 0 Å². The van der Waals surface area contributed by atoms with E-state index in [-0.39, 0.29) is 0 Å². The number of hydrogen-bond acceptors (Lipinski definition) is 3. The van der Waals surface area contributed by atoms with E-state index in [1.807, 2.05) is 0 Å². The molecule has 0 saturated heterocycles. The van der Waals surface area contributed by atoms with E-state index in [0.717, 1.165) is 26.2 Å². The summed E-state index contributed by atoms with van der Waals surface area (Å²) >= 11 is 0. The second kappa shape index (κ2) is 8.21. The van der Waals surface area contributed by atoms with E-state index < -0.39 is 0 Å². The summed E-state index contributed by atoms with van der Waals surface area (Å²) in [5.41, 5.74) is 5.56. The predicted octanol–water partition coefficient (Wildman–Crippen LogP) is 1.04. The minimum Gasteiger partial charge on any atom is -0.329 e. The third-order valence-corrected chi connectivity index (χ3v) is 2.32. The normalized spacial score (nSPS) is 12.0. The summed E-state index contributed by atoms with van der Waals surface area (Å²) in [5, 5.41) is 3.42. The van der Waals surface area contributed by atoms with Gasteiger partial charge in [-0.1, -0.05) is 13.8 Å². The average Bonchev–Trinajstić information content (AvgIpc) is 2.09. The third kappa shape index (κ3) is 7.30. The van der Waals surface area contributed by atoms with Gasteiger partial charge in [0.25, 0.3) is 0 Å². The van der Waals surface area contributed by atoms with Gasteiger partial charge in [-0.3, -0.25) is 4.90 Å². The fourth-order valence-corrected chi connectivity index (χ4v) is 1.47. The minimum atomic E-state index is 0.594. The maximum Gasteiger partial charge on any atom is 0.0107 e. The Morgan fingerprint density at radius 1 is 1.14 bits per heavy atom. The Morgan fingerprint density at radius 2 is 1.79 bits per heavy atom. The first-order chi connectivity index (χ1) is 6.57. The molecule has 0 radical (unpaired) electrons. The quantitative estimate of drug-likeness (QED) is 0.577. The second-order valence-electron chi connectivity index (χ2n) is 4.38. The molecule has 3 N–H and O–H groups in total. The van der Waals surface area contributed by atoms with Crippen LogP contribution in [-0.4, -0.2) is 43.2 Å². The van der Waals surface area contributed by atoms with E-state index in [1.54, 1.807) is 0 Å². The molecule has 0 aromatic heterocycles. The molecule has 14 heavy (non-hydrogen) atoms. The molecule has 0 heterocycles. The van der Waals surface area contributed by atoms with Crippen molar-refractivity contribution >= 4 is 0 Å². The largest absolute Gasteiger partial charge is 0.329 e. The fraction of sp³-hybridized carbons (Fsp3) is 1.00. The summed E-state index contributed by atoms with van der Waals surface area (Å²) in [6, 6.07) is 1.20. The Bertz CT molecular complexity index is 124. The Hall–Kier alpha value is -0.120. The molecule has 0 aliphatic heterocycles. The van der Waals surface area contributed by atoms with Crippen LogP contribution in [0.25, 0.3) is 0 Å². The molecule has 86 valence electrons. The highest BCUT2D eigenvalue weighted by Gasteiger charge is 2.07. The minimum absolute atomic E-state index is 0.594. The summed E-state index contributed by atoms with van der Waals surface area (Å²) in [6.07, 6.45) is 1.20. The summed E-state index contributed by atoms with van der Waals surface area (Å²) in [7, 11) is 0. The highest BCUT2D eigenvalue weighted by molar-refractivity contribution is 4.64. The van der Waals surface area contributed by atoms with Crippen molar-refractivity contribution in [1.29, 1.82) is 0 Å². The van der Waals surface area contributed by atoms with Crippen LogP contribution in [0, 0.1) is 0 Å². The Labute approximate surface area is 89.0 Å². The van der Waals surface area contributed by atoms with E-state index in [0.29, 0.717) is 12.1 Å². The van der Waals surface area contributed by atoms with E-state index in [9.17, 15) is 0 Å². The van der Waals surface area contributed by atoms with Crippen LogP contribution in [0.2, 0.25) is 0 Å². The molecule has 0 aliphatic carbocycles. The van der Waals surface area contributed by atoms with Crippen molar-refractivity contribution in [1.82, 2.24) is 10.2 Å². The smallest absolute Gasteiger partial charge is 0.0107 e. The molecule has 3 heteroatoms. The van der Waals surface area contributed by atoms with Gasteiger partial charge in [0.15, 0.2) is 0 Å².